The van der Waals surface area contributed by atoms with E-state index in [9.17, 15) is 19.2 Å². The Morgan fingerprint density at radius 1 is 1.12 bits per heavy atom. The lowest BCUT2D eigenvalue weighted by Gasteiger charge is -2.21. The lowest BCUT2D eigenvalue weighted by Crippen LogP contribution is -2.52. The fourth-order valence-electron chi connectivity index (χ4n) is 2.26. The standard InChI is InChI=1S/C11H20N4O5.C11H16O/c1-7(2)9(10(18)13-3-4-16)15-8(17)5-14-11(19)20-6-12;1-3-4-9-12-11-7-5-10(2)6-8-11/h4,7,9H,3,5-6,12H2,1-2H3,(H,13,18)(H,14,19)(H,15,17);5-8H,3-4,9H2,1-2H3. The minimum atomic E-state index is -0.825. The van der Waals surface area contributed by atoms with Crippen molar-refractivity contribution in [2.24, 2.45) is 11.7 Å². The molecule has 0 saturated carbocycles. The van der Waals surface area contributed by atoms with Crippen molar-refractivity contribution in [1.29, 1.82) is 0 Å². The van der Waals surface area contributed by atoms with Gasteiger partial charge in [-0.05, 0) is 31.4 Å². The monoisotopic (exact) mass is 452 g/mol. The van der Waals surface area contributed by atoms with E-state index in [1.807, 2.05) is 12.1 Å². The van der Waals surface area contributed by atoms with Gasteiger partial charge in [-0.3, -0.25) is 15.3 Å². The molecule has 5 N–H and O–H groups in total. The molecule has 0 aromatic heterocycles. The van der Waals surface area contributed by atoms with Crippen LogP contribution in [-0.4, -0.2) is 56.7 Å². The molecule has 1 aromatic carbocycles. The zero-order chi connectivity index (χ0) is 24.4. The van der Waals surface area contributed by atoms with Gasteiger partial charge < -0.3 is 30.2 Å². The average Bonchev–Trinajstić information content (AvgIpc) is 2.76. The number of hydrogen-bond donors (Lipinski definition) is 4. The van der Waals surface area contributed by atoms with Crippen LogP contribution in [0.15, 0.2) is 24.3 Å². The first-order valence-corrected chi connectivity index (χ1v) is 10.6. The lowest BCUT2D eigenvalue weighted by molar-refractivity contribution is -0.130. The van der Waals surface area contributed by atoms with Gasteiger partial charge in [0.05, 0.1) is 13.2 Å². The number of benzene rings is 1. The average molecular weight is 453 g/mol. The molecular weight excluding hydrogens is 416 g/mol. The molecule has 0 saturated heterocycles. The molecule has 32 heavy (non-hydrogen) atoms. The number of unbranched alkanes of at least 4 members (excludes halogenated alkanes) is 1. The zero-order valence-corrected chi connectivity index (χ0v) is 19.3. The normalized spacial score (nSPS) is 10.8. The number of alkyl carbamates (subject to hydrolysis) is 1. The largest absolute Gasteiger partial charge is 0.494 e. The molecule has 0 fully saturated rings. The summed E-state index contributed by atoms with van der Waals surface area (Å²) in [6, 6.07) is 7.38. The van der Waals surface area contributed by atoms with Gasteiger partial charge in [0.1, 0.15) is 31.4 Å². The van der Waals surface area contributed by atoms with Crippen LogP contribution < -0.4 is 26.4 Å². The Bertz CT molecular complexity index is 694. The quantitative estimate of drug-likeness (QED) is 0.212. The van der Waals surface area contributed by atoms with Gasteiger partial charge in [0.2, 0.25) is 11.8 Å². The molecule has 1 unspecified atom stereocenters. The Balaban J connectivity index is 0.000000677. The summed E-state index contributed by atoms with van der Waals surface area (Å²) in [4.78, 5) is 44.4. The van der Waals surface area contributed by atoms with Gasteiger partial charge in [-0.2, -0.15) is 0 Å². The molecule has 1 rings (SSSR count). The second-order valence-corrected chi connectivity index (χ2v) is 7.17. The highest BCUT2D eigenvalue weighted by atomic mass is 16.6. The summed E-state index contributed by atoms with van der Waals surface area (Å²) < 4.78 is 9.88. The Morgan fingerprint density at radius 2 is 1.78 bits per heavy atom. The van der Waals surface area contributed by atoms with Crippen LogP contribution in [0.4, 0.5) is 4.79 Å². The van der Waals surface area contributed by atoms with Gasteiger partial charge in [0.15, 0.2) is 0 Å². The summed E-state index contributed by atoms with van der Waals surface area (Å²) >= 11 is 0. The predicted molar refractivity (Wildman–Crippen MR) is 121 cm³/mol. The van der Waals surface area contributed by atoms with Crippen molar-refractivity contribution >= 4 is 24.2 Å². The molecule has 0 aliphatic rings. The maximum Gasteiger partial charge on any atom is 0.408 e. The highest BCUT2D eigenvalue weighted by Crippen LogP contribution is 2.11. The molecule has 10 nitrogen and oxygen atoms in total. The van der Waals surface area contributed by atoms with E-state index in [0.29, 0.717) is 6.29 Å². The van der Waals surface area contributed by atoms with Gasteiger partial charge in [-0.15, -0.1) is 0 Å². The first kappa shape index (κ1) is 28.9. The van der Waals surface area contributed by atoms with Gasteiger partial charge >= 0.3 is 6.09 Å². The van der Waals surface area contributed by atoms with Gasteiger partial charge in [0, 0.05) is 0 Å². The molecule has 0 radical (unpaired) electrons. The van der Waals surface area contributed by atoms with Crippen molar-refractivity contribution in [3.8, 4) is 5.75 Å². The number of hydrogen-bond acceptors (Lipinski definition) is 7. The number of aldehydes is 1. The minimum absolute atomic E-state index is 0.126. The fraction of sp³-hybridized carbons (Fsp3) is 0.545. The van der Waals surface area contributed by atoms with Crippen molar-refractivity contribution in [3.63, 3.8) is 0 Å². The van der Waals surface area contributed by atoms with Crippen molar-refractivity contribution < 1.29 is 28.7 Å². The molecular formula is C22H36N4O6. The maximum absolute atomic E-state index is 11.7. The van der Waals surface area contributed by atoms with Crippen molar-refractivity contribution in [2.45, 2.75) is 46.6 Å². The topological polar surface area (TPSA) is 149 Å². The number of carbonyl (C=O) groups is 4. The molecule has 0 aliphatic carbocycles. The smallest absolute Gasteiger partial charge is 0.408 e. The van der Waals surface area contributed by atoms with Crippen molar-refractivity contribution in [1.82, 2.24) is 16.0 Å². The molecule has 10 heteroatoms. The highest BCUT2D eigenvalue weighted by Gasteiger charge is 2.23. The third kappa shape index (κ3) is 14.0. The zero-order valence-electron chi connectivity index (χ0n) is 19.3. The highest BCUT2D eigenvalue weighted by molar-refractivity contribution is 5.90. The lowest BCUT2D eigenvalue weighted by atomic mass is 10.0. The number of rotatable bonds is 12. The summed E-state index contributed by atoms with van der Waals surface area (Å²) in [5.74, 6) is -0.223. The molecule has 0 aliphatic heterocycles. The molecule has 0 heterocycles. The van der Waals surface area contributed by atoms with E-state index in [4.69, 9.17) is 10.5 Å². The van der Waals surface area contributed by atoms with Gasteiger partial charge in [0.25, 0.3) is 0 Å². The van der Waals surface area contributed by atoms with Crippen LogP contribution in [0.2, 0.25) is 0 Å². The van der Waals surface area contributed by atoms with Crippen LogP contribution >= 0.6 is 0 Å². The second kappa shape index (κ2) is 17.5. The Hall–Kier alpha value is -3.14. The summed E-state index contributed by atoms with van der Waals surface area (Å²) in [6.07, 6.45) is 2.04. The van der Waals surface area contributed by atoms with Crippen molar-refractivity contribution in [2.75, 3.05) is 26.4 Å². The number of nitrogens with two attached hydrogens (primary N) is 1. The van der Waals surface area contributed by atoms with E-state index in [1.165, 1.54) is 12.0 Å². The molecule has 180 valence electrons. The van der Waals surface area contributed by atoms with E-state index >= 15 is 0 Å². The van der Waals surface area contributed by atoms with E-state index in [0.717, 1.165) is 18.8 Å². The SMILES string of the molecule is CC(C)C(NC(=O)CNC(=O)OCN)C(=O)NCC=O.CCCCOc1ccc(C)cc1. The number of amides is 3. The number of nitrogens with one attached hydrogen (secondary N) is 3. The third-order valence-electron chi connectivity index (χ3n) is 4.02. The minimum Gasteiger partial charge on any atom is -0.494 e. The molecule has 1 aromatic rings. The first-order chi connectivity index (χ1) is 15.2. The van der Waals surface area contributed by atoms with Crippen LogP contribution in [-0.2, 0) is 19.1 Å². The summed E-state index contributed by atoms with van der Waals surface area (Å²) in [5, 5.41) is 6.98. The van der Waals surface area contributed by atoms with E-state index in [1.54, 1.807) is 13.8 Å². The second-order valence-electron chi connectivity index (χ2n) is 7.17. The molecule has 3 amide bonds. The van der Waals surface area contributed by atoms with E-state index < -0.39 is 23.9 Å². The van der Waals surface area contributed by atoms with Crippen molar-refractivity contribution in [3.05, 3.63) is 29.8 Å². The van der Waals surface area contributed by atoms with Gasteiger partial charge in [-0.1, -0.05) is 44.9 Å². The number of carbonyl (C=O) groups excluding carboxylic acids is 4. The number of ether oxygens (including phenoxy) is 2. The van der Waals surface area contributed by atoms with Crippen LogP contribution in [0.25, 0.3) is 0 Å². The fourth-order valence-corrected chi connectivity index (χ4v) is 2.26. The van der Waals surface area contributed by atoms with Gasteiger partial charge in [-0.25, -0.2) is 4.79 Å². The Morgan fingerprint density at radius 3 is 2.31 bits per heavy atom. The third-order valence-corrected chi connectivity index (χ3v) is 4.02. The predicted octanol–water partition coefficient (Wildman–Crippen LogP) is 1.26. The Labute approximate surface area is 189 Å². The maximum atomic E-state index is 11.7. The van der Waals surface area contributed by atoms with Crippen LogP contribution in [0.3, 0.4) is 0 Å². The molecule has 1 atom stereocenters. The first-order valence-electron chi connectivity index (χ1n) is 10.6. The van der Waals surface area contributed by atoms with E-state index in [2.05, 4.69) is 46.7 Å². The summed E-state index contributed by atoms with van der Waals surface area (Å²) in [7, 11) is 0. The number of aryl methyl sites for hydroxylation is 1. The van der Waals surface area contributed by atoms with Crippen LogP contribution in [0, 0.1) is 12.8 Å². The summed E-state index contributed by atoms with van der Waals surface area (Å²) in [5.41, 5.74) is 6.25. The molecule has 0 spiro atoms. The van der Waals surface area contributed by atoms with Crippen LogP contribution in [0.5, 0.6) is 5.75 Å². The van der Waals surface area contributed by atoms with Crippen LogP contribution in [0.1, 0.15) is 39.2 Å². The van der Waals surface area contributed by atoms with E-state index in [-0.39, 0.29) is 25.7 Å². The Kier molecular flexibility index (Phi) is 15.8. The molecule has 0 bridgehead atoms. The summed E-state index contributed by atoms with van der Waals surface area (Å²) in [6.45, 7) is 7.79.